The molecular weight excluding hydrogens is 385 g/mol. The molecule has 1 N–H and O–H groups in total. The summed E-state index contributed by atoms with van der Waals surface area (Å²) in [5.41, 5.74) is -0.00225. The van der Waals surface area contributed by atoms with E-state index in [0.29, 0.717) is 0 Å². The summed E-state index contributed by atoms with van der Waals surface area (Å²) in [6.07, 6.45) is 0.916. The lowest BCUT2D eigenvalue weighted by molar-refractivity contribution is 0.593. The van der Waals surface area contributed by atoms with Crippen LogP contribution in [0.2, 0.25) is 5.02 Å². The van der Waals surface area contributed by atoms with Crippen molar-refractivity contribution in [1.29, 1.82) is 0 Å². The van der Waals surface area contributed by atoms with Crippen molar-refractivity contribution in [2.75, 3.05) is 22.5 Å². The van der Waals surface area contributed by atoms with Crippen LogP contribution in [0.15, 0.2) is 23.1 Å². The zero-order valence-corrected chi connectivity index (χ0v) is 14.5. The predicted molar refractivity (Wildman–Crippen MR) is 81.6 cm³/mol. The molecule has 0 spiro atoms. The van der Waals surface area contributed by atoms with E-state index in [9.17, 15) is 25.3 Å². The van der Waals surface area contributed by atoms with E-state index in [1.54, 1.807) is 0 Å². The van der Waals surface area contributed by atoms with Gasteiger partial charge in [0.1, 0.15) is 14.7 Å². The lowest BCUT2D eigenvalue weighted by Crippen LogP contribution is -2.22. The Morgan fingerprint density at radius 3 is 2.05 bits per heavy atom. The number of nitrogens with one attached hydrogen (secondary N) is 1. The quantitative estimate of drug-likeness (QED) is 0.719. The molecule has 0 aliphatic heterocycles. The molecular formula is C9H11Cl2NO6S3. The van der Waals surface area contributed by atoms with Crippen LogP contribution in [0.25, 0.3) is 0 Å². The first-order valence-corrected chi connectivity index (χ1v) is 11.6. The van der Waals surface area contributed by atoms with Gasteiger partial charge in [-0.15, -0.1) is 0 Å². The molecule has 0 bridgehead atoms. The Kier molecular flexibility index (Phi) is 5.54. The topological polar surface area (TPSA) is 114 Å². The van der Waals surface area contributed by atoms with Crippen molar-refractivity contribution in [3.8, 4) is 0 Å². The SMILES string of the molecule is CS(=O)(=O)CCS(=O)(=O)Nc1ccc(S(=O)(=O)Cl)c(Cl)c1. The van der Waals surface area contributed by atoms with Crippen LogP contribution >= 0.6 is 22.3 Å². The number of sulfonamides is 1. The fraction of sp³-hybridized carbons (Fsp3) is 0.333. The molecule has 0 amide bonds. The Morgan fingerprint density at radius 2 is 1.62 bits per heavy atom. The Bertz CT molecular complexity index is 845. The number of sulfone groups is 1. The van der Waals surface area contributed by atoms with E-state index in [4.69, 9.17) is 22.3 Å². The zero-order valence-electron chi connectivity index (χ0n) is 10.6. The minimum atomic E-state index is -4.04. The fourth-order valence-electron chi connectivity index (χ4n) is 1.25. The third-order valence-electron chi connectivity index (χ3n) is 2.19. The molecule has 0 saturated carbocycles. The Morgan fingerprint density at radius 1 is 1.05 bits per heavy atom. The van der Waals surface area contributed by atoms with Gasteiger partial charge in [-0.05, 0) is 18.2 Å². The highest BCUT2D eigenvalue weighted by Crippen LogP contribution is 2.27. The molecule has 7 nitrogen and oxygen atoms in total. The van der Waals surface area contributed by atoms with Gasteiger partial charge >= 0.3 is 0 Å². The van der Waals surface area contributed by atoms with Crippen molar-refractivity contribution >= 4 is 56.9 Å². The number of hydrogen-bond acceptors (Lipinski definition) is 6. The van der Waals surface area contributed by atoms with Crippen LogP contribution in [0.4, 0.5) is 5.69 Å². The highest BCUT2D eigenvalue weighted by atomic mass is 35.7. The summed E-state index contributed by atoms with van der Waals surface area (Å²) in [6, 6.07) is 3.26. The van der Waals surface area contributed by atoms with Gasteiger partial charge in [0.15, 0.2) is 0 Å². The molecule has 0 aliphatic carbocycles. The second-order valence-corrected chi connectivity index (χ2v) is 11.2. The maximum atomic E-state index is 11.7. The summed E-state index contributed by atoms with van der Waals surface area (Å²) < 4.78 is 69.6. The van der Waals surface area contributed by atoms with Gasteiger partial charge in [-0.2, -0.15) is 0 Å². The van der Waals surface area contributed by atoms with Gasteiger partial charge in [0.2, 0.25) is 10.0 Å². The Balaban J connectivity index is 2.97. The van der Waals surface area contributed by atoms with Crippen LogP contribution in [-0.2, 0) is 28.9 Å². The van der Waals surface area contributed by atoms with E-state index in [-0.39, 0.29) is 15.6 Å². The highest BCUT2D eigenvalue weighted by Gasteiger charge is 2.18. The minimum absolute atomic E-state index is 0.00225. The van der Waals surface area contributed by atoms with Crippen LogP contribution in [0, 0.1) is 0 Å². The summed E-state index contributed by atoms with van der Waals surface area (Å²) in [5, 5.41) is -0.256. The summed E-state index contributed by atoms with van der Waals surface area (Å²) in [6.45, 7) is 0. The number of hydrogen-bond donors (Lipinski definition) is 1. The Hall–Kier alpha value is -0.550. The molecule has 0 unspecified atom stereocenters. The molecule has 0 atom stereocenters. The monoisotopic (exact) mass is 395 g/mol. The van der Waals surface area contributed by atoms with Gasteiger partial charge in [-0.1, -0.05) is 11.6 Å². The van der Waals surface area contributed by atoms with Crippen molar-refractivity contribution in [1.82, 2.24) is 0 Å². The van der Waals surface area contributed by atoms with Gasteiger partial charge in [0.25, 0.3) is 9.05 Å². The first kappa shape index (κ1) is 18.5. The highest BCUT2D eigenvalue weighted by molar-refractivity contribution is 8.13. The fourth-order valence-corrected chi connectivity index (χ4v) is 5.46. The number of benzene rings is 1. The van der Waals surface area contributed by atoms with Crippen molar-refractivity contribution in [3.63, 3.8) is 0 Å². The molecule has 120 valence electrons. The van der Waals surface area contributed by atoms with Crippen LogP contribution in [0.3, 0.4) is 0 Å². The van der Waals surface area contributed by atoms with Gasteiger partial charge < -0.3 is 0 Å². The van der Waals surface area contributed by atoms with E-state index in [1.807, 2.05) is 0 Å². The molecule has 21 heavy (non-hydrogen) atoms. The van der Waals surface area contributed by atoms with Crippen LogP contribution in [-0.4, -0.2) is 43.0 Å². The lowest BCUT2D eigenvalue weighted by atomic mass is 10.3. The average molecular weight is 396 g/mol. The van der Waals surface area contributed by atoms with Crippen LogP contribution in [0.5, 0.6) is 0 Å². The molecule has 0 heterocycles. The summed E-state index contributed by atoms with van der Waals surface area (Å²) >= 11 is 5.70. The number of halogens is 2. The zero-order chi connectivity index (χ0) is 16.5. The summed E-state index contributed by atoms with van der Waals surface area (Å²) in [7, 11) is -6.24. The molecule has 12 heteroatoms. The van der Waals surface area contributed by atoms with Gasteiger partial charge in [-0.3, -0.25) is 4.72 Å². The smallest absolute Gasteiger partial charge is 0.262 e. The molecule has 1 aromatic rings. The first-order chi connectivity index (χ1) is 9.30. The largest absolute Gasteiger partial charge is 0.283 e. The van der Waals surface area contributed by atoms with E-state index in [1.165, 1.54) is 0 Å². The van der Waals surface area contributed by atoms with E-state index in [0.717, 1.165) is 24.5 Å². The number of anilines is 1. The van der Waals surface area contributed by atoms with Crippen molar-refractivity contribution in [2.24, 2.45) is 0 Å². The molecule has 1 aromatic carbocycles. The van der Waals surface area contributed by atoms with Crippen molar-refractivity contribution in [2.45, 2.75) is 4.90 Å². The lowest BCUT2D eigenvalue weighted by Gasteiger charge is -2.09. The van der Waals surface area contributed by atoms with Gasteiger partial charge in [0, 0.05) is 16.9 Å². The minimum Gasteiger partial charge on any atom is -0.283 e. The van der Waals surface area contributed by atoms with Gasteiger partial charge in [-0.25, -0.2) is 25.3 Å². The molecule has 0 saturated heterocycles. The second-order valence-electron chi connectivity index (χ2n) is 4.13. The third kappa shape index (κ3) is 6.39. The molecule has 0 radical (unpaired) electrons. The first-order valence-electron chi connectivity index (χ1n) is 5.23. The number of rotatable bonds is 6. The maximum Gasteiger partial charge on any atom is 0.262 e. The predicted octanol–water partition coefficient (Wildman–Crippen LogP) is 1.05. The van der Waals surface area contributed by atoms with Crippen LogP contribution < -0.4 is 4.72 Å². The van der Waals surface area contributed by atoms with E-state index < -0.39 is 40.4 Å². The molecule has 0 aromatic heterocycles. The van der Waals surface area contributed by atoms with E-state index >= 15 is 0 Å². The maximum absolute atomic E-state index is 11.7. The molecule has 1 rings (SSSR count). The second kappa shape index (κ2) is 6.29. The van der Waals surface area contributed by atoms with Crippen LogP contribution in [0.1, 0.15) is 0 Å². The normalized spacial score (nSPS) is 13.1. The average Bonchev–Trinajstić information content (AvgIpc) is 2.23. The Labute approximate surface area is 132 Å². The van der Waals surface area contributed by atoms with Crippen molar-refractivity contribution < 1.29 is 25.3 Å². The van der Waals surface area contributed by atoms with Crippen molar-refractivity contribution in [3.05, 3.63) is 23.2 Å². The summed E-state index contributed by atoms with van der Waals surface area (Å²) in [4.78, 5) is -0.357. The molecule has 0 fully saturated rings. The standard InChI is InChI=1S/C9H11Cl2NO6S3/c1-19(13,14)4-5-20(15,16)12-7-2-3-9(8(10)6-7)21(11,17)18/h2-3,6,12H,4-5H2,1H3. The van der Waals surface area contributed by atoms with Gasteiger partial charge in [0.05, 0.1) is 22.2 Å². The third-order valence-corrected chi connectivity index (χ3v) is 6.49. The molecule has 0 aliphatic rings. The summed E-state index contributed by atoms with van der Waals surface area (Å²) in [5.74, 6) is -1.16. The van der Waals surface area contributed by atoms with E-state index in [2.05, 4.69) is 4.72 Å².